The van der Waals surface area contributed by atoms with Crippen LogP contribution in [0.4, 0.5) is 5.69 Å². The lowest BCUT2D eigenvalue weighted by Gasteiger charge is -2.07. The zero-order chi connectivity index (χ0) is 19.8. The first-order chi connectivity index (χ1) is 12.8. The number of esters is 1. The van der Waals surface area contributed by atoms with Gasteiger partial charge in [0.1, 0.15) is 0 Å². The molecule has 1 fully saturated rings. The van der Waals surface area contributed by atoms with Crippen LogP contribution in [0.1, 0.15) is 30.9 Å². The molecule has 1 aliphatic rings. The molecule has 140 valence electrons. The molecule has 0 spiro atoms. The minimum absolute atomic E-state index is 0.0248. The lowest BCUT2D eigenvalue weighted by molar-refractivity contribution is -0.384. The molecule has 0 aliphatic heterocycles. The molecule has 2 aromatic carbocycles. The number of nitro benzene ring substituents is 1. The summed E-state index contributed by atoms with van der Waals surface area (Å²) in [6.07, 6.45) is 0.369. The summed E-state index contributed by atoms with van der Waals surface area (Å²) in [4.78, 5) is 22.9. The van der Waals surface area contributed by atoms with Crippen molar-refractivity contribution in [3.63, 3.8) is 0 Å². The predicted octanol–water partition coefficient (Wildman–Crippen LogP) is 5.08. The molecule has 2 aromatic rings. The normalized spacial score (nSPS) is 19.3. The fraction of sp³-hybridized carbons (Fsp3) is 0.286. The maximum Gasteiger partial charge on any atom is 0.334 e. The number of nitro groups is 1. The van der Waals surface area contributed by atoms with E-state index in [1.165, 1.54) is 19.2 Å². The molecular formula is C21H20ClNO4. The quantitative estimate of drug-likeness (QED) is 0.311. The highest BCUT2D eigenvalue weighted by atomic mass is 35.5. The van der Waals surface area contributed by atoms with E-state index in [9.17, 15) is 14.9 Å². The minimum Gasteiger partial charge on any atom is -0.466 e. The SMILES string of the molecule is COC(=O)/C(Cc1ccc([N+](=O)[O-])cc1)=C1\C(c2ccc(Cl)cc2)C1(C)C. The van der Waals surface area contributed by atoms with E-state index in [-0.39, 0.29) is 23.0 Å². The van der Waals surface area contributed by atoms with Crippen molar-refractivity contribution in [2.24, 2.45) is 5.41 Å². The molecule has 1 aliphatic carbocycles. The van der Waals surface area contributed by atoms with Gasteiger partial charge in [0, 0.05) is 35.1 Å². The van der Waals surface area contributed by atoms with E-state index >= 15 is 0 Å². The highest BCUT2D eigenvalue weighted by Crippen LogP contribution is 2.65. The van der Waals surface area contributed by atoms with Gasteiger partial charge in [0.05, 0.1) is 12.0 Å². The zero-order valence-electron chi connectivity index (χ0n) is 15.4. The Bertz CT molecular complexity index is 914. The number of halogens is 1. The molecule has 0 bridgehead atoms. The largest absolute Gasteiger partial charge is 0.466 e. The van der Waals surface area contributed by atoms with E-state index in [4.69, 9.17) is 16.3 Å². The summed E-state index contributed by atoms with van der Waals surface area (Å²) in [5, 5.41) is 11.5. The summed E-state index contributed by atoms with van der Waals surface area (Å²) in [7, 11) is 1.37. The summed E-state index contributed by atoms with van der Waals surface area (Å²) in [5.74, 6) is -0.255. The van der Waals surface area contributed by atoms with Gasteiger partial charge in [-0.25, -0.2) is 4.79 Å². The van der Waals surface area contributed by atoms with Crippen molar-refractivity contribution in [2.75, 3.05) is 7.11 Å². The maximum atomic E-state index is 12.5. The summed E-state index contributed by atoms with van der Waals surface area (Å²) >= 11 is 5.99. The highest BCUT2D eigenvalue weighted by molar-refractivity contribution is 6.30. The summed E-state index contributed by atoms with van der Waals surface area (Å²) in [5.41, 5.74) is 3.43. The van der Waals surface area contributed by atoms with Gasteiger partial charge in [-0.05, 0) is 34.2 Å². The molecule has 0 heterocycles. The molecule has 1 atom stereocenters. The molecular weight excluding hydrogens is 366 g/mol. The first-order valence-electron chi connectivity index (χ1n) is 8.56. The van der Waals surface area contributed by atoms with E-state index < -0.39 is 4.92 Å². The van der Waals surface area contributed by atoms with Gasteiger partial charge >= 0.3 is 5.97 Å². The molecule has 6 heteroatoms. The van der Waals surface area contributed by atoms with Crippen LogP contribution in [0, 0.1) is 15.5 Å². The van der Waals surface area contributed by atoms with Crippen molar-refractivity contribution >= 4 is 23.3 Å². The van der Waals surface area contributed by atoms with Gasteiger partial charge in [0.25, 0.3) is 5.69 Å². The number of methoxy groups -OCH3 is 1. The second-order valence-electron chi connectivity index (χ2n) is 7.19. The van der Waals surface area contributed by atoms with Gasteiger partial charge in [0.15, 0.2) is 0 Å². The number of allylic oxidation sites excluding steroid dienone is 1. The second-order valence-corrected chi connectivity index (χ2v) is 7.63. The number of carbonyl (C=O) groups excluding carboxylic acids is 1. The van der Waals surface area contributed by atoms with E-state index in [0.29, 0.717) is 17.0 Å². The smallest absolute Gasteiger partial charge is 0.334 e. The first-order valence-corrected chi connectivity index (χ1v) is 8.94. The summed E-state index contributed by atoms with van der Waals surface area (Å²) < 4.78 is 5.02. The fourth-order valence-corrected chi connectivity index (χ4v) is 3.81. The molecule has 1 saturated carbocycles. The van der Waals surface area contributed by atoms with Crippen LogP contribution in [0.2, 0.25) is 5.02 Å². The molecule has 0 amide bonds. The van der Waals surface area contributed by atoms with Crippen LogP contribution in [-0.4, -0.2) is 18.0 Å². The number of benzene rings is 2. The van der Waals surface area contributed by atoms with Gasteiger partial charge in [-0.1, -0.05) is 49.7 Å². The Morgan fingerprint density at radius 2 is 1.74 bits per heavy atom. The van der Waals surface area contributed by atoms with Crippen molar-refractivity contribution in [3.05, 3.63) is 85.9 Å². The monoisotopic (exact) mass is 385 g/mol. The van der Waals surface area contributed by atoms with Crippen molar-refractivity contribution in [3.8, 4) is 0 Å². The van der Waals surface area contributed by atoms with Crippen molar-refractivity contribution in [1.29, 1.82) is 0 Å². The lowest BCUT2D eigenvalue weighted by atomic mass is 10.0. The zero-order valence-corrected chi connectivity index (χ0v) is 16.1. The Morgan fingerprint density at radius 3 is 2.26 bits per heavy atom. The van der Waals surface area contributed by atoms with Gasteiger partial charge in [0.2, 0.25) is 0 Å². The van der Waals surface area contributed by atoms with Crippen LogP contribution in [-0.2, 0) is 16.0 Å². The van der Waals surface area contributed by atoms with E-state index in [1.54, 1.807) is 12.1 Å². The van der Waals surface area contributed by atoms with E-state index in [0.717, 1.165) is 16.7 Å². The number of rotatable bonds is 5. The Hall–Kier alpha value is -2.66. The van der Waals surface area contributed by atoms with E-state index in [2.05, 4.69) is 13.8 Å². The molecule has 3 rings (SSSR count). The third-order valence-corrected chi connectivity index (χ3v) is 5.36. The second kappa shape index (κ2) is 7.16. The number of hydrogen-bond acceptors (Lipinski definition) is 4. The first kappa shape index (κ1) is 19.1. The van der Waals surface area contributed by atoms with E-state index in [1.807, 2.05) is 24.3 Å². The molecule has 0 N–H and O–H groups in total. The Labute approximate surface area is 162 Å². The van der Waals surface area contributed by atoms with Crippen LogP contribution >= 0.6 is 11.6 Å². The third kappa shape index (κ3) is 3.74. The number of nitrogens with zero attached hydrogens (tertiary/aromatic N) is 1. The summed E-state index contributed by atoms with van der Waals surface area (Å²) in [6, 6.07) is 13.9. The predicted molar refractivity (Wildman–Crippen MR) is 104 cm³/mol. The maximum absolute atomic E-state index is 12.5. The van der Waals surface area contributed by atoms with Crippen molar-refractivity contribution in [2.45, 2.75) is 26.2 Å². The van der Waals surface area contributed by atoms with Crippen LogP contribution in [0.3, 0.4) is 0 Å². The van der Waals surface area contributed by atoms with Crippen LogP contribution in [0.5, 0.6) is 0 Å². The van der Waals surface area contributed by atoms with Crippen LogP contribution in [0.25, 0.3) is 0 Å². The van der Waals surface area contributed by atoms with Crippen molar-refractivity contribution in [1.82, 2.24) is 0 Å². The number of hydrogen-bond donors (Lipinski definition) is 0. The minimum atomic E-state index is -0.440. The lowest BCUT2D eigenvalue weighted by Crippen LogP contribution is -2.09. The number of carbonyl (C=O) groups is 1. The Kier molecular flexibility index (Phi) is 5.07. The molecule has 0 saturated heterocycles. The standard InChI is InChI=1S/C21H20ClNO4/c1-21(2)18(14-6-8-15(22)9-7-14)19(21)17(20(24)27-3)12-13-4-10-16(11-5-13)23(25)26/h4-11,18H,12H2,1-3H3/b19-17+. The fourth-order valence-electron chi connectivity index (χ4n) is 3.69. The number of ether oxygens (including phenoxy) is 1. The van der Waals surface area contributed by atoms with Crippen molar-refractivity contribution < 1.29 is 14.5 Å². The molecule has 1 unspecified atom stereocenters. The molecule has 5 nitrogen and oxygen atoms in total. The van der Waals surface area contributed by atoms with Gasteiger partial charge in [-0.3, -0.25) is 10.1 Å². The van der Waals surface area contributed by atoms with Crippen LogP contribution in [0.15, 0.2) is 59.7 Å². The Balaban J connectivity index is 1.97. The average Bonchev–Trinajstić information content (AvgIpc) is 3.21. The number of non-ortho nitro benzene ring substituents is 1. The molecule has 0 radical (unpaired) electrons. The molecule has 27 heavy (non-hydrogen) atoms. The molecule has 0 aromatic heterocycles. The van der Waals surface area contributed by atoms with Crippen LogP contribution < -0.4 is 0 Å². The van der Waals surface area contributed by atoms with Gasteiger partial charge in [-0.2, -0.15) is 0 Å². The third-order valence-electron chi connectivity index (χ3n) is 5.11. The average molecular weight is 386 g/mol. The van der Waals surface area contributed by atoms with Gasteiger partial charge < -0.3 is 4.74 Å². The Morgan fingerprint density at radius 1 is 1.15 bits per heavy atom. The van der Waals surface area contributed by atoms with Gasteiger partial charge in [-0.15, -0.1) is 0 Å². The summed E-state index contributed by atoms with van der Waals surface area (Å²) in [6.45, 7) is 4.20. The highest BCUT2D eigenvalue weighted by Gasteiger charge is 2.55. The topological polar surface area (TPSA) is 69.4 Å².